The molecule has 0 radical (unpaired) electrons. The van der Waals surface area contributed by atoms with Crippen LogP contribution in [0.1, 0.15) is 12.8 Å². The highest BCUT2D eigenvalue weighted by molar-refractivity contribution is 5.95. The summed E-state index contributed by atoms with van der Waals surface area (Å²) < 4.78 is 5.78. The highest BCUT2D eigenvalue weighted by Crippen LogP contribution is 2.28. The Hall–Kier alpha value is -3.10. The van der Waals surface area contributed by atoms with Crippen LogP contribution in [0.2, 0.25) is 0 Å². The SMILES string of the molecule is O=C1CCCN1c1ccc(-c2cc3nccnc3c(NC[C@@H]3CNCCO3)n2)cc1. The van der Waals surface area contributed by atoms with Crippen LogP contribution in [0.15, 0.2) is 42.7 Å². The first kappa shape index (κ1) is 18.9. The first-order valence-corrected chi connectivity index (χ1v) is 10.4. The fraction of sp³-hybridized carbons (Fsp3) is 0.364. The van der Waals surface area contributed by atoms with Crippen LogP contribution in [0.3, 0.4) is 0 Å². The van der Waals surface area contributed by atoms with Crippen molar-refractivity contribution in [1.82, 2.24) is 20.3 Å². The summed E-state index contributed by atoms with van der Waals surface area (Å²) in [7, 11) is 0. The molecule has 4 heterocycles. The number of aromatic nitrogens is 3. The molecular weight excluding hydrogens is 380 g/mol. The van der Waals surface area contributed by atoms with Crippen molar-refractivity contribution in [2.24, 2.45) is 0 Å². The van der Waals surface area contributed by atoms with Gasteiger partial charge in [0, 0.05) is 56.2 Å². The number of fused-ring (bicyclic) bond motifs is 1. The van der Waals surface area contributed by atoms with Gasteiger partial charge in [-0.2, -0.15) is 0 Å². The Balaban J connectivity index is 1.43. The number of amides is 1. The zero-order valence-corrected chi connectivity index (χ0v) is 16.7. The Morgan fingerprint density at radius 2 is 2.07 bits per heavy atom. The van der Waals surface area contributed by atoms with Crippen molar-refractivity contribution in [3.8, 4) is 11.3 Å². The molecule has 2 aliphatic heterocycles. The number of nitrogens with zero attached hydrogens (tertiary/aromatic N) is 4. The maximum absolute atomic E-state index is 12.0. The van der Waals surface area contributed by atoms with Crippen LogP contribution in [0.25, 0.3) is 22.3 Å². The monoisotopic (exact) mass is 404 g/mol. The number of nitrogens with one attached hydrogen (secondary N) is 2. The molecule has 2 aliphatic rings. The van der Waals surface area contributed by atoms with Crippen molar-refractivity contribution >= 4 is 28.4 Å². The molecule has 8 nitrogen and oxygen atoms in total. The Bertz CT molecular complexity index is 1050. The van der Waals surface area contributed by atoms with Gasteiger partial charge in [-0.25, -0.2) is 9.97 Å². The van der Waals surface area contributed by atoms with Crippen LogP contribution in [0.4, 0.5) is 11.5 Å². The minimum atomic E-state index is 0.0909. The van der Waals surface area contributed by atoms with Gasteiger partial charge in [-0.3, -0.25) is 9.78 Å². The third kappa shape index (κ3) is 3.83. The van der Waals surface area contributed by atoms with Crippen LogP contribution in [-0.4, -0.2) is 59.7 Å². The van der Waals surface area contributed by atoms with Crippen LogP contribution in [0, 0.1) is 0 Å². The summed E-state index contributed by atoms with van der Waals surface area (Å²) in [5.41, 5.74) is 4.24. The number of pyridine rings is 1. The Morgan fingerprint density at radius 1 is 1.20 bits per heavy atom. The van der Waals surface area contributed by atoms with Gasteiger partial charge in [-0.05, 0) is 24.6 Å². The molecule has 0 unspecified atom stereocenters. The zero-order chi connectivity index (χ0) is 20.3. The van der Waals surface area contributed by atoms with Gasteiger partial charge in [0.2, 0.25) is 5.91 Å². The van der Waals surface area contributed by atoms with E-state index >= 15 is 0 Å². The van der Waals surface area contributed by atoms with E-state index in [1.54, 1.807) is 12.4 Å². The smallest absolute Gasteiger partial charge is 0.227 e. The molecule has 5 rings (SSSR count). The highest BCUT2D eigenvalue weighted by atomic mass is 16.5. The normalized spacial score (nSPS) is 19.4. The number of anilines is 2. The molecule has 0 spiro atoms. The summed E-state index contributed by atoms with van der Waals surface area (Å²) in [5.74, 6) is 0.885. The van der Waals surface area contributed by atoms with Crippen molar-refractivity contribution in [2.45, 2.75) is 18.9 Å². The van der Waals surface area contributed by atoms with Crippen molar-refractivity contribution in [2.75, 3.05) is 43.0 Å². The summed E-state index contributed by atoms with van der Waals surface area (Å²) in [6.07, 6.45) is 5.00. The fourth-order valence-electron chi connectivity index (χ4n) is 3.94. The molecule has 1 atom stereocenters. The summed E-state index contributed by atoms with van der Waals surface area (Å²) in [4.78, 5) is 27.6. The Kier molecular flexibility index (Phi) is 5.25. The molecule has 30 heavy (non-hydrogen) atoms. The third-order valence-electron chi connectivity index (χ3n) is 5.51. The van der Waals surface area contributed by atoms with Crippen LogP contribution < -0.4 is 15.5 Å². The molecule has 2 N–H and O–H groups in total. The predicted molar refractivity (Wildman–Crippen MR) is 115 cm³/mol. The minimum absolute atomic E-state index is 0.0909. The summed E-state index contributed by atoms with van der Waals surface area (Å²) in [6, 6.07) is 9.92. The number of ether oxygens (including phenoxy) is 1. The van der Waals surface area contributed by atoms with Gasteiger partial charge < -0.3 is 20.3 Å². The minimum Gasteiger partial charge on any atom is -0.374 e. The van der Waals surface area contributed by atoms with Crippen molar-refractivity contribution in [1.29, 1.82) is 0 Å². The number of carbonyl (C=O) groups excluding carboxylic acids is 1. The third-order valence-corrected chi connectivity index (χ3v) is 5.51. The second-order valence-corrected chi connectivity index (χ2v) is 7.55. The van der Waals surface area contributed by atoms with E-state index in [1.165, 1.54) is 0 Å². The van der Waals surface area contributed by atoms with Crippen molar-refractivity contribution < 1.29 is 9.53 Å². The summed E-state index contributed by atoms with van der Waals surface area (Å²) in [5, 5.41) is 6.73. The van der Waals surface area contributed by atoms with Gasteiger partial charge in [-0.15, -0.1) is 0 Å². The molecular formula is C22H24N6O2. The number of rotatable bonds is 5. The number of morpholine rings is 1. The van der Waals surface area contributed by atoms with Gasteiger partial charge in [0.15, 0.2) is 5.82 Å². The lowest BCUT2D eigenvalue weighted by atomic mass is 10.1. The number of hydrogen-bond donors (Lipinski definition) is 2. The maximum Gasteiger partial charge on any atom is 0.227 e. The van der Waals surface area contributed by atoms with E-state index in [9.17, 15) is 4.79 Å². The molecule has 2 saturated heterocycles. The molecule has 2 aromatic heterocycles. The zero-order valence-electron chi connectivity index (χ0n) is 16.7. The molecule has 0 bridgehead atoms. The number of benzene rings is 1. The van der Waals surface area contributed by atoms with Gasteiger partial charge in [0.25, 0.3) is 0 Å². The first-order chi connectivity index (χ1) is 14.8. The number of carbonyl (C=O) groups is 1. The fourth-order valence-corrected chi connectivity index (χ4v) is 3.94. The van der Waals surface area contributed by atoms with E-state index in [4.69, 9.17) is 9.72 Å². The Morgan fingerprint density at radius 3 is 2.83 bits per heavy atom. The van der Waals surface area contributed by atoms with E-state index in [-0.39, 0.29) is 12.0 Å². The summed E-state index contributed by atoms with van der Waals surface area (Å²) >= 11 is 0. The lowest BCUT2D eigenvalue weighted by Gasteiger charge is -2.24. The summed E-state index contributed by atoms with van der Waals surface area (Å²) in [6.45, 7) is 3.84. The molecule has 2 fully saturated rings. The molecule has 3 aromatic rings. The van der Waals surface area contributed by atoms with Crippen molar-refractivity contribution in [3.63, 3.8) is 0 Å². The van der Waals surface area contributed by atoms with E-state index in [0.29, 0.717) is 25.4 Å². The number of hydrogen-bond acceptors (Lipinski definition) is 7. The van der Waals surface area contributed by atoms with Gasteiger partial charge in [-0.1, -0.05) is 12.1 Å². The quantitative estimate of drug-likeness (QED) is 0.674. The Labute approximate surface area is 174 Å². The molecule has 8 heteroatoms. The van der Waals surface area contributed by atoms with Gasteiger partial charge in [0.05, 0.1) is 23.9 Å². The van der Waals surface area contributed by atoms with E-state index in [2.05, 4.69) is 20.6 Å². The highest BCUT2D eigenvalue weighted by Gasteiger charge is 2.21. The van der Waals surface area contributed by atoms with E-state index in [1.807, 2.05) is 35.2 Å². The second-order valence-electron chi connectivity index (χ2n) is 7.55. The lowest BCUT2D eigenvalue weighted by Crippen LogP contribution is -2.42. The maximum atomic E-state index is 12.0. The predicted octanol–water partition coefficient (Wildman–Crippen LogP) is 2.22. The average molecular weight is 404 g/mol. The topological polar surface area (TPSA) is 92.3 Å². The van der Waals surface area contributed by atoms with Crippen LogP contribution in [0.5, 0.6) is 0 Å². The lowest BCUT2D eigenvalue weighted by molar-refractivity contribution is -0.117. The van der Waals surface area contributed by atoms with Gasteiger partial charge in [0.1, 0.15) is 5.52 Å². The second kappa shape index (κ2) is 8.33. The molecule has 0 saturated carbocycles. The molecule has 154 valence electrons. The largest absolute Gasteiger partial charge is 0.374 e. The molecule has 1 amide bonds. The average Bonchev–Trinajstić information content (AvgIpc) is 3.24. The standard InChI is InChI=1S/C22H24N6O2/c29-20-2-1-10-28(20)16-5-3-15(4-6-16)18-12-19-21(25-8-7-24-19)22(27-18)26-14-17-13-23-9-11-30-17/h3-8,12,17,23H,1-2,9-11,13-14H2,(H,26,27)/t17-/m0/s1. The van der Waals surface area contributed by atoms with Crippen LogP contribution >= 0.6 is 0 Å². The van der Waals surface area contributed by atoms with E-state index in [0.717, 1.165) is 54.0 Å². The van der Waals surface area contributed by atoms with Crippen molar-refractivity contribution in [3.05, 3.63) is 42.7 Å². The first-order valence-electron chi connectivity index (χ1n) is 10.4. The molecule has 0 aliphatic carbocycles. The molecule has 1 aromatic carbocycles. The van der Waals surface area contributed by atoms with E-state index < -0.39 is 0 Å². The van der Waals surface area contributed by atoms with Crippen LogP contribution in [-0.2, 0) is 9.53 Å². The van der Waals surface area contributed by atoms with Gasteiger partial charge >= 0.3 is 0 Å².